The zero-order valence-electron chi connectivity index (χ0n) is 8.24. The molecule has 0 rings (SSSR count). The minimum absolute atomic E-state index is 0.0807. The molecule has 0 bridgehead atoms. The predicted molar refractivity (Wildman–Crippen MR) is 33.9 cm³/mol. The standard InChI is InChI=1S/C4H10O5Si/c5-4-9-2-1-3-10(6,7)8/h4,6-8H,1-3H2/i6T,7T,8T. The highest BCUT2D eigenvalue weighted by Crippen LogP contribution is 2.00. The zero-order valence-corrected chi connectivity index (χ0v) is 6.24. The fourth-order valence-electron chi connectivity index (χ4n) is 0.420. The van der Waals surface area contributed by atoms with E-state index in [4.69, 9.17) is 4.29 Å². The second kappa shape index (κ2) is 4.39. The third kappa shape index (κ3) is 7.57. The summed E-state index contributed by atoms with van der Waals surface area (Å²) in [6, 6.07) is 0.0807. The van der Waals surface area contributed by atoms with Crippen molar-refractivity contribution in [2.24, 2.45) is 0 Å². The summed E-state index contributed by atoms with van der Waals surface area (Å²) in [7, 11) is -3.46. The lowest BCUT2D eigenvalue weighted by Gasteiger charge is -2.07. The Labute approximate surface area is 63.7 Å². The van der Waals surface area contributed by atoms with E-state index in [0.29, 0.717) is 6.42 Å². The first-order valence-electron chi connectivity index (χ1n) is 3.95. The predicted octanol–water partition coefficient (Wildman–Crippen LogP) is -1.53. The van der Waals surface area contributed by atoms with Gasteiger partial charge in [0.1, 0.15) is 0 Å². The van der Waals surface area contributed by atoms with Crippen LogP contribution in [0.25, 0.3) is 0 Å². The Morgan fingerprint density at radius 3 is 2.80 bits per heavy atom. The molecule has 6 heteroatoms. The molecule has 0 atom stereocenters. The molecule has 0 unspecified atom stereocenters. The van der Waals surface area contributed by atoms with Crippen molar-refractivity contribution in [3.8, 4) is 0 Å². The van der Waals surface area contributed by atoms with E-state index in [9.17, 15) is 4.79 Å². The van der Waals surface area contributed by atoms with Crippen molar-refractivity contribution in [1.82, 2.24) is 0 Å². The van der Waals surface area contributed by atoms with E-state index in [0.717, 1.165) is 0 Å². The van der Waals surface area contributed by atoms with Crippen LogP contribution in [0.5, 0.6) is 0 Å². The lowest BCUT2D eigenvalue weighted by molar-refractivity contribution is -0.128. The van der Waals surface area contributed by atoms with Gasteiger partial charge in [-0.3, -0.25) is 4.79 Å². The van der Waals surface area contributed by atoms with Crippen LogP contribution in [0.2, 0.25) is 6.04 Å². The maximum absolute atomic E-state index is 9.72. The van der Waals surface area contributed by atoms with Crippen LogP contribution in [0.15, 0.2) is 0 Å². The van der Waals surface area contributed by atoms with Crippen molar-refractivity contribution in [3.63, 3.8) is 0 Å². The number of ether oxygens (including phenoxy) is 1. The third-order valence-electron chi connectivity index (χ3n) is 0.813. The molecule has 0 aromatic rings. The molecule has 5 nitrogen and oxygen atoms in total. The molecule has 0 aliphatic heterocycles. The summed E-state index contributed by atoms with van der Waals surface area (Å²) >= 11 is 0. The van der Waals surface area contributed by atoms with Gasteiger partial charge in [-0.05, 0) is 6.42 Å². The summed E-state index contributed by atoms with van der Waals surface area (Å²) in [5.74, 6) is 0. The molecule has 0 saturated heterocycles. The van der Waals surface area contributed by atoms with Crippen LogP contribution in [-0.4, -0.2) is 40.6 Å². The molecule has 0 radical (unpaired) electrons. The van der Waals surface area contributed by atoms with E-state index in [2.05, 4.69) is 19.1 Å². The van der Waals surface area contributed by atoms with Crippen LogP contribution in [0.3, 0.4) is 0 Å². The van der Waals surface area contributed by atoms with Crippen LogP contribution in [0.4, 0.5) is 0 Å². The summed E-state index contributed by atoms with van der Waals surface area (Å²) in [6.45, 7) is 0.405. The average molecular weight is 172 g/mol. The van der Waals surface area contributed by atoms with Crippen molar-refractivity contribution in [2.75, 3.05) is 6.61 Å². The van der Waals surface area contributed by atoms with Crippen molar-refractivity contribution in [2.45, 2.75) is 12.5 Å². The van der Waals surface area contributed by atoms with Crippen LogP contribution >= 0.6 is 0 Å². The van der Waals surface area contributed by atoms with Gasteiger partial charge < -0.3 is 19.1 Å². The monoisotopic (exact) mass is 172 g/mol. The van der Waals surface area contributed by atoms with Gasteiger partial charge in [0, 0.05) is 6.04 Å². The molecular formula is C4H10O5Si. The number of hydrogen-bond acceptors (Lipinski definition) is 5. The summed E-state index contributed by atoms with van der Waals surface area (Å²) in [5.41, 5.74) is 0. The highest BCUT2D eigenvalue weighted by Gasteiger charge is 2.25. The van der Waals surface area contributed by atoms with Gasteiger partial charge in [-0.25, -0.2) is 0 Å². The topological polar surface area (TPSA) is 87.0 Å². The number of hydrogen-bond donors (Lipinski definition) is 3. The van der Waals surface area contributed by atoms with Crippen LogP contribution in [0.1, 0.15) is 6.42 Å². The van der Waals surface area contributed by atoms with E-state index in [1.807, 2.05) is 0 Å². The van der Waals surface area contributed by atoms with Crippen molar-refractivity contribution >= 4 is 15.3 Å². The first-order chi connectivity index (χ1) is 6.24. The highest BCUT2D eigenvalue weighted by molar-refractivity contribution is 6.56. The number of carbonyl (C=O) groups is 1. The summed E-state index contributed by atoms with van der Waals surface area (Å²) in [5, 5.41) is 0. The minimum atomic E-state index is -3.46. The Kier molecular flexibility index (Phi) is 2.31. The number of rotatable bonds is 8. The van der Waals surface area contributed by atoms with Gasteiger partial charge in [0.05, 0.1) is 6.61 Å². The summed E-state index contributed by atoms with van der Waals surface area (Å²) < 4.78 is 24.0. The van der Waals surface area contributed by atoms with E-state index in [-0.39, 0.29) is 19.1 Å². The molecule has 0 aromatic carbocycles. The average Bonchev–Trinajstić information content (AvgIpc) is 2.20. The Bertz CT molecular complexity index is 135. The SMILES string of the molecule is [3H]O[Si](CCCOC=O)(O[3H])O[3H]. The Morgan fingerprint density at radius 1 is 1.60 bits per heavy atom. The Balaban J connectivity index is 3.74. The normalized spacial score (nSPS) is 15.0. The van der Waals surface area contributed by atoms with Crippen LogP contribution < -0.4 is 0 Å². The fourth-order valence-corrected chi connectivity index (χ4v) is 0.997. The van der Waals surface area contributed by atoms with E-state index in [1.165, 1.54) is 0 Å². The molecule has 0 heterocycles. The fraction of sp³-hybridized carbons (Fsp3) is 0.750. The molecule has 60 valence electrons. The van der Waals surface area contributed by atoms with Crippen molar-refractivity contribution in [1.29, 1.82) is 4.29 Å². The van der Waals surface area contributed by atoms with Gasteiger partial charge >= 0.3 is 8.80 Å². The maximum Gasteiger partial charge on any atom is 0.492 e. The molecular weight excluding hydrogens is 156 g/mol. The molecule has 0 amide bonds. The van der Waals surface area contributed by atoms with Crippen molar-refractivity contribution in [3.05, 3.63) is 0 Å². The van der Waals surface area contributed by atoms with Gasteiger partial charge in [-0.15, -0.1) is 0 Å². The smallest absolute Gasteiger partial charge is 0.468 e. The number of carbonyl (C=O) groups excluding carboxylic acids is 1. The van der Waals surface area contributed by atoms with Gasteiger partial charge in [-0.2, -0.15) is 0 Å². The lowest BCUT2D eigenvalue weighted by atomic mass is 10.5. The second-order valence-corrected chi connectivity index (χ2v) is 3.62. The van der Waals surface area contributed by atoms with Gasteiger partial charge in [0.25, 0.3) is 6.47 Å². The van der Waals surface area contributed by atoms with E-state index in [1.54, 1.807) is 0 Å². The van der Waals surface area contributed by atoms with Crippen molar-refractivity contribution < 1.29 is 23.9 Å². The first-order valence-corrected chi connectivity index (χ1v) is 4.66. The highest BCUT2D eigenvalue weighted by atomic mass is 28.4. The Hall–Kier alpha value is -0.433. The van der Waals surface area contributed by atoms with Gasteiger partial charge in [-0.1, -0.05) is 0 Å². The maximum atomic E-state index is 9.72. The molecule has 0 aliphatic rings. The second-order valence-electron chi connectivity index (χ2n) is 1.75. The molecule has 0 saturated carbocycles. The third-order valence-corrected chi connectivity index (χ3v) is 1.78. The molecule has 0 spiro atoms. The van der Waals surface area contributed by atoms with Gasteiger partial charge in [0.2, 0.25) is 0 Å². The molecule has 3 N–H and O–H groups in total. The molecule has 0 fully saturated rings. The van der Waals surface area contributed by atoms with Crippen LogP contribution in [0, 0.1) is 0 Å². The quantitative estimate of drug-likeness (QED) is 0.235. The first kappa shape index (κ1) is 5.25. The molecule has 0 aliphatic carbocycles. The minimum Gasteiger partial charge on any atom is -0.468 e. The largest absolute Gasteiger partial charge is 0.492 e. The zero-order chi connectivity index (χ0) is 10.2. The Morgan fingerprint density at radius 2 is 2.30 bits per heavy atom. The summed E-state index contributed by atoms with van der Waals surface area (Å²) in [6.07, 6.45) is 0.321. The van der Waals surface area contributed by atoms with Gasteiger partial charge in [0.15, 0.2) is 4.29 Å². The summed E-state index contributed by atoms with van der Waals surface area (Å²) in [4.78, 5) is 21.8. The van der Waals surface area contributed by atoms with E-state index >= 15 is 0 Å². The molecule has 10 heavy (non-hydrogen) atoms. The lowest BCUT2D eigenvalue weighted by Crippen LogP contribution is -2.34. The van der Waals surface area contributed by atoms with E-state index < -0.39 is 8.80 Å². The van der Waals surface area contributed by atoms with Crippen LogP contribution in [-0.2, 0) is 9.53 Å². The molecule has 0 aromatic heterocycles.